The quantitative estimate of drug-likeness (QED) is 0.515. The molecule has 8 atom stereocenters. The first-order valence-electron chi connectivity index (χ1n) is 10.9. The standard InChI is InChI=1S/C21H34O5S2/c1-20(23)9-7-14-13(11-20)3-4-16-15(14)8-10-21(2)17(16)5-6-18(21)19(22)12-27-28(24,25)26/h13-18,23H,3-12H2,1-2H3,(H,24,25,26)/t13-,14+,15?,16?,17?,18-,20-,21+/m1/s1. The third-order valence-corrected chi connectivity index (χ3v) is 10.9. The van der Waals surface area contributed by atoms with E-state index < -0.39 is 14.8 Å². The van der Waals surface area contributed by atoms with E-state index in [-0.39, 0.29) is 22.9 Å². The molecule has 0 aromatic rings. The lowest BCUT2D eigenvalue weighted by molar-refractivity contribution is -0.129. The van der Waals surface area contributed by atoms with Crippen LogP contribution in [-0.2, 0) is 13.9 Å². The maximum Gasteiger partial charge on any atom is 0.320 e. The lowest BCUT2D eigenvalue weighted by Crippen LogP contribution is -2.51. The van der Waals surface area contributed by atoms with Gasteiger partial charge >= 0.3 is 9.15 Å². The van der Waals surface area contributed by atoms with Gasteiger partial charge < -0.3 is 5.11 Å². The minimum atomic E-state index is -4.16. The molecule has 0 saturated heterocycles. The van der Waals surface area contributed by atoms with Gasteiger partial charge in [-0.15, -0.1) is 0 Å². The second kappa shape index (κ2) is 7.24. The third kappa shape index (κ3) is 3.81. The van der Waals surface area contributed by atoms with Crippen LogP contribution in [-0.4, -0.2) is 35.2 Å². The van der Waals surface area contributed by atoms with Gasteiger partial charge in [-0.25, -0.2) is 0 Å². The Labute approximate surface area is 172 Å². The van der Waals surface area contributed by atoms with Crippen LogP contribution >= 0.6 is 10.8 Å². The molecule has 4 aliphatic carbocycles. The maximum atomic E-state index is 12.8. The minimum Gasteiger partial charge on any atom is -0.390 e. The molecule has 3 unspecified atom stereocenters. The average Bonchev–Trinajstić information content (AvgIpc) is 2.95. The van der Waals surface area contributed by atoms with E-state index in [1.54, 1.807) is 0 Å². The SMILES string of the molecule is C[C@@]1(O)CC[C@@H]2C3CC[C@@]4(C)C(CC[C@@H]4C(=O)CSS(=O)(=O)O)C3CC[C@@H]2C1. The highest BCUT2D eigenvalue weighted by Gasteiger charge is 2.58. The monoisotopic (exact) mass is 430 g/mol. The fourth-order valence-corrected chi connectivity index (χ4v) is 9.11. The number of Topliss-reactive ketones (excluding diaryl/α,β-unsaturated/α-hetero) is 1. The van der Waals surface area contributed by atoms with Gasteiger partial charge in [0.25, 0.3) is 0 Å². The molecule has 160 valence electrons. The molecule has 0 radical (unpaired) electrons. The van der Waals surface area contributed by atoms with Gasteiger partial charge in [0.2, 0.25) is 0 Å². The predicted molar refractivity (Wildman–Crippen MR) is 110 cm³/mol. The zero-order valence-electron chi connectivity index (χ0n) is 17.0. The molecule has 0 amide bonds. The molecule has 4 saturated carbocycles. The van der Waals surface area contributed by atoms with Gasteiger partial charge in [0.05, 0.1) is 11.4 Å². The second-order valence-corrected chi connectivity index (χ2v) is 13.9. The lowest BCUT2D eigenvalue weighted by Gasteiger charge is -2.56. The van der Waals surface area contributed by atoms with Crippen LogP contribution in [0.5, 0.6) is 0 Å². The van der Waals surface area contributed by atoms with Crippen LogP contribution in [0.2, 0.25) is 0 Å². The molecule has 28 heavy (non-hydrogen) atoms. The summed E-state index contributed by atoms with van der Waals surface area (Å²) in [6.45, 7) is 4.25. The van der Waals surface area contributed by atoms with Crippen LogP contribution in [0.1, 0.15) is 71.6 Å². The zero-order valence-corrected chi connectivity index (χ0v) is 18.6. The highest BCUT2D eigenvalue weighted by atomic mass is 33.1. The van der Waals surface area contributed by atoms with Crippen molar-refractivity contribution < 1.29 is 22.9 Å². The Morgan fingerprint density at radius 2 is 1.71 bits per heavy atom. The summed E-state index contributed by atoms with van der Waals surface area (Å²) in [6, 6.07) is 0. The molecule has 4 fully saturated rings. The molecule has 0 aliphatic heterocycles. The van der Waals surface area contributed by atoms with E-state index in [0.717, 1.165) is 56.8 Å². The van der Waals surface area contributed by atoms with Crippen molar-refractivity contribution in [2.75, 3.05) is 5.75 Å². The van der Waals surface area contributed by atoms with E-state index in [1.165, 1.54) is 12.8 Å². The molecule has 0 spiro atoms. The fourth-order valence-electron chi connectivity index (χ4n) is 7.84. The van der Waals surface area contributed by atoms with Crippen LogP contribution in [0.3, 0.4) is 0 Å². The number of hydrogen-bond acceptors (Lipinski definition) is 5. The van der Waals surface area contributed by atoms with Gasteiger partial charge in [-0.1, -0.05) is 6.92 Å². The summed E-state index contributed by atoms with van der Waals surface area (Å²) in [7, 11) is -3.81. The van der Waals surface area contributed by atoms with Crippen LogP contribution in [0.15, 0.2) is 0 Å². The Kier molecular flexibility index (Phi) is 5.47. The fraction of sp³-hybridized carbons (Fsp3) is 0.952. The third-order valence-electron chi connectivity index (χ3n) is 8.98. The van der Waals surface area contributed by atoms with Gasteiger partial charge in [0, 0.05) is 16.7 Å². The average molecular weight is 431 g/mol. The molecule has 4 rings (SSSR count). The van der Waals surface area contributed by atoms with Crippen LogP contribution in [0.25, 0.3) is 0 Å². The van der Waals surface area contributed by atoms with Crippen molar-refractivity contribution in [1.82, 2.24) is 0 Å². The van der Waals surface area contributed by atoms with E-state index in [2.05, 4.69) is 6.92 Å². The van der Waals surface area contributed by atoms with Crippen LogP contribution < -0.4 is 0 Å². The summed E-state index contributed by atoms with van der Waals surface area (Å²) in [6.07, 6.45) is 9.54. The molecular formula is C21H34O5S2. The normalized spacial score (nSPS) is 48.4. The van der Waals surface area contributed by atoms with Crippen molar-refractivity contribution in [1.29, 1.82) is 0 Å². The van der Waals surface area contributed by atoms with Crippen molar-refractivity contribution >= 4 is 25.7 Å². The van der Waals surface area contributed by atoms with E-state index in [4.69, 9.17) is 4.55 Å². The summed E-state index contributed by atoms with van der Waals surface area (Å²) in [5.41, 5.74) is -0.516. The summed E-state index contributed by atoms with van der Waals surface area (Å²) in [4.78, 5) is 12.8. The number of hydrogen-bond donors (Lipinski definition) is 2. The lowest BCUT2D eigenvalue weighted by atomic mass is 9.49. The van der Waals surface area contributed by atoms with Crippen LogP contribution in [0, 0.1) is 40.9 Å². The Morgan fingerprint density at radius 1 is 1.00 bits per heavy atom. The summed E-state index contributed by atoms with van der Waals surface area (Å²) in [5, 5.41) is 10.5. The second-order valence-electron chi connectivity index (χ2n) is 10.5. The zero-order chi connectivity index (χ0) is 20.3. The summed E-state index contributed by atoms with van der Waals surface area (Å²) >= 11 is 0. The smallest absolute Gasteiger partial charge is 0.320 e. The molecule has 0 bridgehead atoms. The largest absolute Gasteiger partial charge is 0.390 e. The van der Waals surface area contributed by atoms with E-state index >= 15 is 0 Å². The molecular weight excluding hydrogens is 396 g/mol. The van der Waals surface area contributed by atoms with Crippen molar-refractivity contribution in [2.24, 2.45) is 40.9 Å². The number of fused-ring (bicyclic) bond motifs is 5. The number of carbonyl (C=O) groups is 1. The highest BCUT2D eigenvalue weighted by Crippen LogP contribution is 2.64. The Hall–Kier alpha value is -0.110. The van der Waals surface area contributed by atoms with Crippen molar-refractivity contribution in [3.05, 3.63) is 0 Å². The molecule has 2 N–H and O–H groups in total. The molecule has 7 heteroatoms. The van der Waals surface area contributed by atoms with Crippen LogP contribution in [0.4, 0.5) is 0 Å². The summed E-state index contributed by atoms with van der Waals surface area (Å²) < 4.78 is 31.0. The Bertz CT molecular complexity index is 733. The van der Waals surface area contributed by atoms with Crippen molar-refractivity contribution in [2.45, 2.75) is 77.2 Å². The molecule has 0 aromatic heterocycles. The minimum absolute atomic E-state index is 0.00604. The van der Waals surface area contributed by atoms with E-state index in [0.29, 0.717) is 28.5 Å². The topological polar surface area (TPSA) is 91.7 Å². The van der Waals surface area contributed by atoms with Crippen molar-refractivity contribution in [3.8, 4) is 0 Å². The van der Waals surface area contributed by atoms with Gasteiger partial charge in [0.15, 0.2) is 0 Å². The number of carbonyl (C=O) groups excluding carboxylic acids is 1. The Morgan fingerprint density at radius 3 is 2.43 bits per heavy atom. The van der Waals surface area contributed by atoms with E-state index in [1.807, 2.05) is 6.92 Å². The number of aliphatic hydroxyl groups is 1. The first kappa shape index (κ1) is 21.1. The molecule has 0 aromatic carbocycles. The molecule has 4 aliphatic rings. The molecule has 0 heterocycles. The number of ketones is 1. The summed E-state index contributed by atoms with van der Waals surface area (Å²) in [5.74, 6) is 3.13. The highest BCUT2D eigenvalue weighted by molar-refractivity contribution is 8.70. The van der Waals surface area contributed by atoms with Gasteiger partial charge in [-0.05, 0) is 99.7 Å². The first-order valence-corrected chi connectivity index (χ1v) is 13.8. The molecule has 5 nitrogen and oxygen atoms in total. The first-order chi connectivity index (χ1) is 13.0. The van der Waals surface area contributed by atoms with Gasteiger partial charge in [-0.2, -0.15) is 8.42 Å². The van der Waals surface area contributed by atoms with Gasteiger partial charge in [-0.3, -0.25) is 9.35 Å². The Balaban J connectivity index is 1.47. The van der Waals surface area contributed by atoms with E-state index in [9.17, 15) is 18.3 Å². The van der Waals surface area contributed by atoms with Crippen molar-refractivity contribution in [3.63, 3.8) is 0 Å². The van der Waals surface area contributed by atoms with Gasteiger partial charge in [0.1, 0.15) is 5.78 Å². The predicted octanol–water partition coefficient (Wildman–Crippen LogP) is 4.11. The maximum absolute atomic E-state index is 12.8. The number of rotatable bonds is 4.